The number of aromatic nitrogens is 2. The number of rotatable bonds is 6. The molecule has 3 aromatic rings. The van der Waals surface area contributed by atoms with E-state index < -0.39 is 17.6 Å². The van der Waals surface area contributed by atoms with E-state index in [4.69, 9.17) is 14.2 Å². The van der Waals surface area contributed by atoms with Gasteiger partial charge in [-0.1, -0.05) is 12.1 Å². The molecule has 0 radical (unpaired) electrons. The predicted octanol–water partition coefficient (Wildman–Crippen LogP) is 4.29. The van der Waals surface area contributed by atoms with Crippen LogP contribution in [0.3, 0.4) is 0 Å². The Labute approximate surface area is 181 Å². The zero-order valence-corrected chi connectivity index (χ0v) is 17.3. The molecule has 0 saturated carbocycles. The first kappa shape index (κ1) is 21.5. The molecule has 10 heteroatoms. The molecule has 32 heavy (non-hydrogen) atoms. The van der Waals surface area contributed by atoms with Crippen molar-refractivity contribution in [2.45, 2.75) is 19.6 Å². The molecular formula is C22H20F3N3O4. The quantitative estimate of drug-likeness (QED) is 0.564. The van der Waals surface area contributed by atoms with Gasteiger partial charge in [0.2, 0.25) is 6.79 Å². The van der Waals surface area contributed by atoms with Crippen molar-refractivity contribution in [2.24, 2.45) is 0 Å². The van der Waals surface area contributed by atoms with Crippen LogP contribution >= 0.6 is 0 Å². The predicted molar refractivity (Wildman–Crippen MR) is 108 cm³/mol. The van der Waals surface area contributed by atoms with E-state index in [-0.39, 0.29) is 30.5 Å². The molecule has 1 amide bonds. The van der Waals surface area contributed by atoms with Gasteiger partial charge in [0.05, 0.1) is 24.6 Å². The summed E-state index contributed by atoms with van der Waals surface area (Å²) >= 11 is 0. The van der Waals surface area contributed by atoms with Crippen LogP contribution in [0.5, 0.6) is 17.2 Å². The van der Waals surface area contributed by atoms with Crippen LogP contribution in [0.2, 0.25) is 0 Å². The molecule has 0 atom stereocenters. The van der Waals surface area contributed by atoms with E-state index in [0.29, 0.717) is 18.0 Å². The van der Waals surface area contributed by atoms with Crippen molar-refractivity contribution < 1.29 is 32.2 Å². The summed E-state index contributed by atoms with van der Waals surface area (Å²) in [6.45, 7) is 2.64. The lowest BCUT2D eigenvalue weighted by Gasteiger charge is -2.20. The fraction of sp³-hybridized carbons (Fsp3) is 0.273. The van der Waals surface area contributed by atoms with E-state index in [1.807, 2.05) is 13.0 Å². The van der Waals surface area contributed by atoms with Crippen LogP contribution in [-0.2, 0) is 12.7 Å². The number of hydrogen-bond donors (Lipinski definition) is 0. The van der Waals surface area contributed by atoms with E-state index in [9.17, 15) is 18.0 Å². The fourth-order valence-electron chi connectivity index (χ4n) is 3.35. The Bertz CT molecular complexity index is 1140. The third-order valence-corrected chi connectivity index (χ3v) is 5.02. The Morgan fingerprint density at radius 2 is 1.97 bits per heavy atom. The number of alkyl halides is 3. The normalized spacial score (nSPS) is 12.7. The van der Waals surface area contributed by atoms with Crippen LogP contribution in [-0.4, -0.2) is 41.0 Å². The molecule has 0 bridgehead atoms. The summed E-state index contributed by atoms with van der Waals surface area (Å²) < 4.78 is 56.4. The molecule has 2 heterocycles. The average Bonchev–Trinajstić information content (AvgIpc) is 3.43. The molecule has 0 N–H and O–H groups in total. The molecule has 0 spiro atoms. The maximum atomic E-state index is 13.2. The van der Waals surface area contributed by atoms with Crippen molar-refractivity contribution in [3.05, 3.63) is 65.5 Å². The molecule has 0 unspecified atom stereocenters. The number of hydrogen-bond acceptors (Lipinski definition) is 5. The molecule has 0 aliphatic carbocycles. The Kier molecular flexibility index (Phi) is 5.68. The minimum atomic E-state index is -4.49. The minimum Gasteiger partial charge on any atom is -0.493 e. The molecule has 0 saturated heterocycles. The van der Waals surface area contributed by atoms with Gasteiger partial charge >= 0.3 is 6.18 Å². The van der Waals surface area contributed by atoms with E-state index >= 15 is 0 Å². The first-order valence-electron chi connectivity index (χ1n) is 9.79. The summed E-state index contributed by atoms with van der Waals surface area (Å²) in [7, 11) is 1.37. The lowest BCUT2D eigenvalue weighted by Crippen LogP contribution is -2.31. The maximum Gasteiger partial charge on any atom is 0.416 e. The number of halogens is 3. The van der Waals surface area contributed by atoms with Crippen LogP contribution in [0, 0.1) is 0 Å². The highest BCUT2D eigenvalue weighted by Crippen LogP contribution is 2.33. The Morgan fingerprint density at radius 1 is 1.19 bits per heavy atom. The second-order valence-corrected chi connectivity index (χ2v) is 7.05. The lowest BCUT2D eigenvalue weighted by molar-refractivity contribution is -0.137. The van der Waals surface area contributed by atoms with Gasteiger partial charge in [0.15, 0.2) is 22.9 Å². The van der Waals surface area contributed by atoms with Crippen molar-refractivity contribution in [3.8, 4) is 22.9 Å². The van der Waals surface area contributed by atoms with Crippen LogP contribution < -0.4 is 14.2 Å². The van der Waals surface area contributed by atoms with Crippen molar-refractivity contribution in [1.82, 2.24) is 14.7 Å². The number of nitrogens with zero attached hydrogens (tertiary/aromatic N) is 3. The lowest BCUT2D eigenvalue weighted by atomic mass is 10.2. The first-order chi connectivity index (χ1) is 15.3. The molecule has 4 rings (SSSR count). The first-order valence-corrected chi connectivity index (χ1v) is 9.79. The van der Waals surface area contributed by atoms with Gasteiger partial charge in [0, 0.05) is 13.1 Å². The molecule has 168 valence electrons. The summed E-state index contributed by atoms with van der Waals surface area (Å²) in [5, 5.41) is 4.23. The van der Waals surface area contributed by atoms with Gasteiger partial charge in [-0.2, -0.15) is 18.3 Å². The molecule has 0 fully saturated rings. The monoisotopic (exact) mass is 447 g/mol. The fourth-order valence-corrected chi connectivity index (χ4v) is 3.35. The Hall–Kier alpha value is -3.69. The number of fused-ring (bicyclic) bond motifs is 1. The zero-order chi connectivity index (χ0) is 22.9. The summed E-state index contributed by atoms with van der Waals surface area (Å²) in [4.78, 5) is 14.8. The van der Waals surface area contributed by atoms with Crippen LogP contribution in [0.15, 0.2) is 48.7 Å². The number of methoxy groups -OCH3 is 1. The van der Waals surface area contributed by atoms with Crippen LogP contribution in [0.4, 0.5) is 13.2 Å². The van der Waals surface area contributed by atoms with Gasteiger partial charge in [0.25, 0.3) is 5.91 Å². The van der Waals surface area contributed by atoms with E-state index in [1.54, 1.807) is 17.0 Å². The van der Waals surface area contributed by atoms with E-state index in [1.165, 1.54) is 30.1 Å². The minimum absolute atomic E-state index is 0.00695. The van der Waals surface area contributed by atoms with Crippen molar-refractivity contribution >= 4 is 5.91 Å². The molecular weight excluding hydrogens is 427 g/mol. The van der Waals surface area contributed by atoms with Gasteiger partial charge < -0.3 is 19.1 Å². The second-order valence-electron chi connectivity index (χ2n) is 7.05. The van der Waals surface area contributed by atoms with Crippen LogP contribution in [0.25, 0.3) is 5.69 Å². The molecule has 1 aliphatic heterocycles. The maximum absolute atomic E-state index is 13.2. The van der Waals surface area contributed by atoms with Crippen molar-refractivity contribution in [2.75, 3.05) is 20.4 Å². The third kappa shape index (κ3) is 4.20. The summed E-state index contributed by atoms with van der Waals surface area (Å²) in [5.74, 6) is 1.01. The van der Waals surface area contributed by atoms with E-state index in [0.717, 1.165) is 17.7 Å². The average molecular weight is 447 g/mol. The number of ether oxygens (including phenoxy) is 3. The zero-order valence-electron chi connectivity index (χ0n) is 17.3. The SMILES string of the molecule is CCN(Cc1ccc2c(c1)OCO2)C(=O)c1nn(-c2cccc(C(F)(F)F)c2)cc1OC. The summed E-state index contributed by atoms with van der Waals surface area (Å²) in [6, 6.07) is 10.1. The molecule has 1 aromatic heterocycles. The summed E-state index contributed by atoms with van der Waals surface area (Å²) in [6.07, 6.45) is -3.10. The number of carbonyl (C=O) groups is 1. The van der Waals surface area contributed by atoms with E-state index in [2.05, 4.69) is 5.10 Å². The smallest absolute Gasteiger partial charge is 0.416 e. The van der Waals surface area contributed by atoms with Gasteiger partial charge in [0.1, 0.15) is 0 Å². The largest absolute Gasteiger partial charge is 0.493 e. The Morgan fingerprint density at radius 3 is 2.69 bits per heavy atom. The third-order valence-electron chi connectivity index (χ3n) is 5.02. The molecule has 2 aromatic carbocycles. The van der Waals surface area contributed by atoms with Gasteiger partial charge in [-0.25, -0.2) is 4.68 Å². The standard InChI is InChI=1S/C22H20F3N3O4/c1-3-27(11-14-7-8-17-18(9-14)32-13-31-17)21(29)20-19(30-2)12-28(26-20)16-6-4-5-15(10-16)22(23,24)25/h4-10,12H,3,11,13H2,1-2H3. The van der Waals surface area contributed by atoms with Gasteiger partial charge in [-0.3, -0.25) is 4.79 Å². The highest BCUT2D eigenvalue weighted by Gasteiger charge is 2.31. The molecule has 7 nitrogen and oxygen atoms in total. The van der Waals surface area contributed by atoms with Crippen LogP contribution in [0.1, 0.15) is 28.5 Å². The highest BCUT2D eigenvalue weighted by molar-refractivity contribution is 5.95. The highest BCUT2D eigenvalue weighted by atomic mass is 19.4. The topological polar surface area (TPSA) is 65.8 Å². The van der Waals surface area contributed by atoms with Crippen molar-refractivity contribution in [1.29, 1.82) is 0 Å². The second kappa shape index (κ2) is 8.45. The number of carbonyl (C=O) groups excluding carboxylic acids is 1. The number of benzene rings is 2. The Balaban J connectivity index is 1.61. The summed E-state index contributed by atoms with van der Waals surface area (Å²) in [5.41, 5.74) is 0.194. The van der Waals surface area contributed by atoms with Crippen molar-refractivity contribution in [3.63, 3.8) is 0 Å². The van der Waals surface area contributed by atoms with Gasteiger partial charge in [-0.15, -0.1) is 0 Å². The number of amides is 1. The molecule has 1 aliphatic rings. The van der Waals surface area contributed by atoms with Gasteiger partial charge in [-0.05, 0) is 42.8 Å².